The van der Waals surface area contributed by atoms with E-state index in [0.29, 0.717) is 53.5 Å². The molecule has 0 aromatic heterocycles. The van der Waals surface area contributed by atoms with Crippen LogP contribution in [0.4, 0.5) is 4.39 Å². The van der Waals surface area contributed by atoms with E-state index in [-0.39, 0.29) is 48.6 Å². The lowest BCUT2D eigenvalue weighted by Gasteiger charge is -2.45. The van der Waals surface area contributed by atoms with Gasteiger partial charge in [0.1, 0.15) is 11.6 Å². The molecule has 11 heteroatoms. The van der Waals surface area contributed by atoms with Gasteiger partial charge < -0.3 is 25.0 Å². The number of ether oxygens (including phenoxy) is 1. The zero-order valence-corrected chi connectivity index (χ0v) is 31.3. The number of carboxylic acids is 1. The van der Waals surface area contributed by atoms with E-state index in [1.807, 2.05) is 29.2 Å². The molecule has 3 aromatic rings. The highest BCUT2D eigenvalue weighted by Crippen LogP contribution is 2.38. The van der Waals surface area contributed by atoms with E-state index in [1.165, 1.54) is 12.1 Å². The van der Waals surface area contributed by atoms with Crippen molar-refractivity contribution in [2.24, 2.45) is 5.41 Å². The zero-order valence-electron chi connectivity index (χ0n) is 29.0. The Labute approximate surface area is 312 Å². The number of rotatable bonds is 14. The molecule has 2 atom stereocenters. The zero-order chi connectivity index (χ0) is 36.3. The van der Waals surface area contributed by atoms with Crippen molar-refractivity contribution in [3.63, 3.8) is 0 Å². The number of carbonyl (C=O) groups excluding carboxylic acids is 2. The fourth-order valence-corrected chi connectivity index (χ4v) is 7.45. The van der Waals surface area contributed by atoms with Gasteiger partial charge in [0.05, 0.1) is 22.5 Å². The lowest BCUT2D eigenvalue weighted by molar-refractivity contribution is -0.148. The largest absolute Gasteiger partial charge is 0.492 e. The van der Waals surface area contributed by atoms with Gasteiger partial charge in [-0.15, -0.1) is 0 Å². The van der Waals surface area contributed by atoms with Crippen LogP contribution in [0.3, 0.4) is 0 Å². The van der Waals surface area contributed by atoms with Gasteiger partial charge in [-0.05, 0) is 109 Å². The van der Waals surface area contributed by atoms with Gasteiger partial charge in [-0.2, -0.15) is 0 Å². The third-order valence-electron chi connectivity index (χ3n) is 10.1. The molecule has 1 saturated heterocycles. The van der Waals surface area contributed by atoms with Crippen LogP contribution in [0.15, 0.2) is 76.8 Å². The van der Waals surface area contributed by atoms with Crippen molar-refractivity contribution in [3.05, 3.63) is 104 Å². The molecule has 2 aliphatic heterocycles. The minimum Gasteiger partial charge on any atom is -0.492 e. The molecular formula is C40H44BrClFN3O5. The number of amides is 2. The van der Waals surface area contributed by atoms with Crippen molar-refractivity contribution in [2.45, 2.75) is 83.5 Å². The number of benzene rings is 3. The predicted octanol–water partition coefficient (Wildman–Crippen LogP) is 7.66. The summed E-state index contributed by atoms with van der Waals surface area (Å²) in [5, 5.41) is 13.9. The number of hydrogen-bond donors (Lipinski definition) is 2. The van der Waals surface area contributed by atoms with Crippen LogP contribution in [-0.2, 0) is 27.3 Å². The van der Waals surface area contributed by atoms with Crippen LogP contribution in [0.2, 0.25) is 5.02 Å². The second-order valence-electron chi connectivity index (χ2n) is 14.5. The maximum absolute atomic E-state index is 14.8. The van der Waals surface area contributed by atoms with Crippen LogP contribution in [-0.4, -0.2) is 70.5 Å². The Bertz CT molecular complexity index is 1810. The van der Waals surface area contributed by atoms with E-state index in [4.69, 9.17) is 16.3 Å². The number of hydrogen-bond acceptors (Lipinski definition) is 5. The number of carbonyl (C=O) groups is 3. The lowest BCUT2D eigenvalue weighted by Crippen LogP contribution is -2.62. The third kappa shape index (κ3) is 9.02. The number of aliphatic carboxylic acids is 1. The maximum Gasteiger partial charge on any atom is 0.309 e. The molecule has 8 nitrogen and oxygen atoms in total. The average molecular weight is 781 g/mol. The highest BCUT2D eigenvalue weighted by atomic mass is 79.9. The van der Waals surface area contributed by atoms with Crippen LogP contribution in [0, 0.1) is 11.2 Å². The Morgan fingerprint density at radius 2 is 1.82 bits per heavy atom. The van der Waals surface area contributed by atoms with Crippen molar-refractivity contribution < 1.29 is 28.6 Å². The topological polar surface area (TPSA) is 99.2 Å². The molecule has 1 saturated carbocycles. The van der Waals surface area contributed by atoms with Gasteiger partial charge in [0.2, 0.25) is 5.91 Å². The molecule has 6 rings (SSSR count). The summed E-state index contributed by atoms with van der Waals surface area (Å²) < 4.78 is 20.1. The molecule has 2 N–H and O–H groups in total. The summed E-state index contributed by atoms with van der Waals surface area (Å²) >= 11 is 9.97. The first-order valence-electron chi connectivity index (χ1n) is 17.6. The van der Waals surface area contributed by atoms with E-state index >= 15 is 0 Å². The van der Waals surface area contributed by atoms with Gasteiger partial charge in [0.15, 0.2) is 0 Å². The van der Waals surface area contributed by atoms with Crippen molar-refractivity contribution in [1.29, 1.82) is 0 Å². The minimum absolute atomic E-state index is 0.0468. The van der Waals surface area contributed by atoms with Crippen LogP contribution in [0.25, 0.3) is 5.57 Å². The maximum atomic E-state index is 14.8. The van der Waals surface area contributed by atoms with Crippen molar-refractivity contribution in [3.8, 4) is 5.75 Å². The van der Waals surface area contributed by atoms with Crippen LogP contribution < -0.4 is 10.1 Å². The van der Waals surface area contributed by atoms with E-state index in [9.17, 15) is 23.9 Å². The molecule has 2 amide bonds. The minimum atomic E-state index is -1.01. The van der Waals surface area contributed by atoms with Crippen molar-refractivity contribution in [2.75, 3.05) is 19.7 Å². The molecule has 51 heavy (non-hydrogen) atoms. The number of nitrogens with one attached hydrogen (secondary N) is 1. The average Bonchev–Trinajstić information content (AvgIpc) is 3.95. The van der Waals surface area contributed by atoms with Gasteiger partial charge in [-0.1, -0.05) is 54.1 Å². The highest BCUT2D eigenvalue weighted by molar-refractivity contribution is 9.10. The second kappa shape index (κ2) is 15.9. The summed E-state index contributed by atoms with van der Waals surface area (Å²) in [6, 6.07) is 20.0. The van der Waals surface area contributed by atoms with Crippen LogP contribution in [0.1, 0.15) is 69.1 Å². The normalized spacial score (nSPS) is 18.8. The Morgan fingerprint density at radius 1 is 1.08 bits per heavy atom. The van der Waals surface area contributed by atoms with Gasteiger partial charge in [0.25, 0.3) is 5.91 Å². The highest BCUT2D eigenvalue weighted by Gasteiger charge is 2.43. The first kappa shape index (κ1) is 37.0. The summed E-state index contributed by atoms with van der Waals surface area (Å²) in [6.45, 7) is 4.93. The van der Waals surface area contributed by atoms with E-state index < -0.39 is 11.4 Å². The molecule has 0 radical (unpaired) electrons. The summed E-state index contributed by atoms with van der Waals surface area (Å²) in [7, 11) is 0. The molecular weight excluding hydrogens is 737 g/mol. The molecule has 2 bridgehead atoms. The van der Waals surface area contributed by atoms with Gasteiger partial charge in [0, 0.05) is 54.8 Å². The molecule has 270 valence electrons. The summed E-state index contributed by atoms with van der Waals surface area (Å²) in [5.74, 6) is -0.937. The number of carboxylic acid groups (broad SMARTS) is 1. The Balaban J connectivity index is 1.23. The summed E-state index contributed by atoms with van der Waals surface area (Å²) in [6.07, 6.45) is 4.31. The fraction of sp³-hybridized carbons (Fsp3) is 0.425. The third-order valence-corrected chi connectivity index (χ3v) is 11.2. The molecule has 0 spiro atoms. The Hall–Kier alpha value is -3.73. The van der Waals surface area contributed by atoms with Gasteiger partial charge in [-0.3, -0.25) is 14.4 Å². The number of nitrogens with zero attached hydrogens (tertiary/aromatic N) is 2. The number of halogens is 3. The number of piperazine rings is 1. The summed E-state index contributed by atoms with van der Waals surface area (Å²) in [5.41, 5.74) is 3.66. The summed E-state index contributed by atoms with van der Waals surface area (Å²) in [4.78, 5) is 43.7. The second-order valence-corrected chi connectivity index (χ2v) is 15.7. The Kier molecular flexibility index (Phi) is 11.5. The van der Waals surface area contributed by atoms with Crippen molar-refractivity contribution in [1.82, 2.24) is 15.1 Å². The van der Waals surface area contributed by atoms with E-state index in [1.54, 1.807) is 24.8 Å². The van der Waals surface area contributed by atoms with E-state index in [0.717, 1.165) is 47.9 Å². The first-order valence-corrected chi connectivity index (χ1v) is 18.8. The molecule has 3 aliphatic rings. The van der Waals surface area contributed by atoms with Gasteiger partial charge in [-0.25, -0.2) is 4.39 Å². The van der Waals surface area contributed by atoms with E-state index in [2.05, 4.69) is 45.5 Å². The van der Waals surface area contributed by atoms with Crippen molar-refractivity contribution >= 4 is 50.9 Å². The van der Waals surface area contributed by atoms with Crippen LogP contribution >= 0.6 is 27.5 Å². The number of aryl methyl sites for hydroxylation is 1. The SMILES string of the molecule is CC(C)(CCC(=O)N1C[C@H]2CC(c3ccc(CCCOc4cc(F)ccc4Br)cc3)=C(C(=O)N(Cc3ccccc3Cl)C3CC3)[C@@H](C1)N2)C(=O)O. The number of fused-ring (bicyclic) bond motifs is 2. The lowest BCUT2D eigenvalue weighted by atomic mass is 9.82. The smallest absolute Gasteiger partial charge is 0.309 e. The molecule has 3 aromatic carbocycles. The molecule has 2 fully saturated rings. The van der Waals surface area contributed by atoms with Gasteiger partial charge >= 0.3 is 5.97 Å². The van der Waals surface area contributed by atoms with Crippen LogP contribution in [0.5, 0.6) is 5.75 Å². The monoisotopic (exact) mass is 779 g/mol. The predicted molar refractivity (Wildman–Crippen MR) is 199 cm³/mol. The first-order chi connectivity index (χ1) is 24.4. The fourth-order valence-electron chi connectivity index (χ4n) is 6.89. The standard InChI is InChI=1S/C40H44BrClFN3O5/c1-40(2,39(49)50)18-17-36(47)45-23-29-21-31(26-11-9-25(10-12-26)6-5-19-51-35-20-28(43)13-16-32(35)41)37(34(24-45)44-29)38(48)46(30-14-15-30)22-27-7-3-4-8-33(27)42/h3-4,7-13,16,20,29-30,34,44H,5-6,14-15,17-19,21-24H2,1-2H3,(H,49,50)/t29-,34-/m1/s1. The quantitative estimate of drug-likeness (QED) is 0.163. The molecule has 1 aliphatic carbocycles. The molecule has 2 heterocycles. The molecule has 0 unspecified atom stereocenters. The Morgan fingerprint density at radius 3 is 2.53 bits per heavy atom.